The molecule has 2 saturated heterocycles. The highest BCUT2D eigenvalue weighted by molar-refractivity contribution is 6.22. The zero-order chi connectivity index (χ0) is 16.6. The molecule has 1 aromatic rings. The molecule has 2 aliphatic rings. The topological polar surface area (TPSA) is 107 Å². The lowest BCUT2D eigenvalue weighted by Crippen LogP contribution is -2.53. The van der Waals surface area contributed by atoms with E-state index in [1.54, 1.807) is 4.90 Å². The van der Waals surface area contributed by atoms with Crippen molar-refractivity contribution in [3.63, 3.8) is 0 Å². The van der Waals surface area contributed by atoms with Crippen molar-refractivity contribution in [3.05, 3.63) is 29.8 Å². The van der Waals surface area contributed by atoms with Gasteiger partial charge in [0.05, 0.1) is 30.3 Å². The third kappa shape index (κ3) is 2.80. The minimum atomic E-state index is -1.08. The fourth-order valence-corrected chi connectivity index (χ4v) is 2.85. The molecule has 1 atom stereocenters. The Morgan fingerprint density at radius 2 is 1.87 bits per heavy atom. The van der Waals surface area contributed by atoms with Gasteiger partial charge in [0.2, 0.25) is 11.8 Å². The molecule has 0 bridgehead atoms. The Balaban J connectivity index is 1.81. The second-order valence-corrected chi connectivity index (χ2v) is 5.46. The maximum atomic E-state index is 12.6. The molecule has 2 N–H and O–H groups in total. The van der Waals surface area contributed by atoms with Crippen molar-refractivity contribution in [2.24, 2.45) is 0 Å². The third-order valence-corrected chi connectivity index (χ3v) is 4.00. The quantitative estimate of drug-likeness (QED) is 0.724. The van der Waals surface area contributed by atoms with Gasteiger partial charge in [-0.15, -0.1) is 0 Å². The standard InChI is InChI=1S/C15H15N3O5/c19-12-8-17(6-5-16-12)11-7-13(20)18(14(11)21)10-3-1-9(2-4-10)15(22)23/h1-4,11H,5-8H2,(H,16,19)(H,22,23). The fraction of sp³-hybridized carbons (Fsp3) is 0.333. The van der Waals surface area contributed by atoms with Crippen LogP contribution in [0.3, 0.4) is 0 Å². The number of hydrogen-bond donors (Lipinski definition) is 2. The summed E-state index contributed by atoms with van der Waals surface area (Å²) in [5, 5.41) is 11.6. The Bertz CT molecular complexity index is 685. The second kappa shape index (κ2) is 5.81. The van der Waals surface area contributed by atoms with Crippen LogP contribution in [-0.2, 0) is 14.4 Å². The Morgan fingerprint density at radius 3 is 2.48 bits per heavy atom. The van der Waals surface area contributed by atoms with Gasteiger partial charge in [-0.25, -0.2) is 9.69 Å². The second-order valence-electron chi connectivity index (χ2n) is 5.46. The molecule has 8 heteroatoms. The molecule has 23 heavy (non-hydrogen) atoms. The van der Waals surface area contributed by atoms with Crippen LogP contribution >= 0.6 is 0 Å². The summed E-state index contributed by atoms with van der Waals surface area (Å²) in [7, 11) is 0. The highest BCUT2D eigenvalue weighted by Gasteiger charge is 2.43. The summed E-state index contributed by atoms with van der Waals surface area (Å²) in [5.41, 5.74) is 0.422. The van der Waals surface area contributed by atoms with E-state index in [0.717, 1.165) is 4.90 Å². The number of anilines is 1. The maximum absolute atomic E-state index is 12.6. The average Bonchev–Trinajstić information content (AvgIpc) is 2.82. The SMILES string of the molecule is O=C1CN(C2CC(=O)N(c3ccc(C(=O)O)cc3)C2=O)CCN1. The zero-order valence-corrected chi connectivity index (χ0v) is 12.2. The number of amides is 3. The highest BCUT2D eigenvalue weighted by atomic mass is 16.4. The molecule has 0 radical (unpaired) electrons. The summed E-state index contributed by atoms with van der Waals surface area (Å²) in [6.45, 7) is 1.06. The van der Waals surface area contributed by atoms with Crippen LogP contribution in [0.15, 0.2) is 24.3 Å². The number of nitrogens with one attached hydrogen (secondary N) is 1. The van der Waals surface area contributed by atoms with Gasteiger partial charge >= 0.3 is 5.97 Å². The lowest BCUT2D eigenvalue weighted by Gasteiger charge is -2.30. The molecule has 2 heterocycles. The molecule has 2 aliphatic heterocycles. The predicted octanol–water partition coefficient (Wildman–Crippen LogP) is -0.551. The number of rotatable bonds is 3. The number of imide groups is 1. The summed E-state index contributed by atoms with van der Waals surface area (Å²) >= 11 is 0. The average molecular weight is 317 g/mol. The smallest absolute Gasteiger partial charge is 0.335 e. The molecule has 0 spiro atoms. The van der Waals surface area contributed by atoms with E-state index in [0.29, 0.717) is 18.8 Å². The van der Waals surface area contributed by atoms with Gasteiger partial charge in [-0.05, 0) is 24.3 Å². The van der Waals surface area contributed by atoms with E-state index in [1.165, 1.54) is 24.3 Å². The monoisotopic (exact) mass is 317 g/mol. The Hall–Kier alpha value is -2.74. The molecule has 0 aliphatic carbocycles. The fourth-order valence-electron chi connectivity index (χ4n) is 2.85. The van der Waals surface area contributed by atoms with Crippen molar-refractivity contribution in [2.45, 2.75) is 12.5 Å². The normalized spacial score (nSPS) is 22.3. The molecule has 0 aromatic heterocycles. The number of hydrogen-bond acceptors (Lipinski definition) is 5. The van der Waals surface area contributed by atoms with Crippen molar-refractivity contribution in [1.82, 2.24) is 10.2 Å². The van der Waals surface area contributed by atoms with E-state index >= 15 is 0 Å². The van der Waals surface area contributed by atoms with Crippen molar-refractivity contribution in [1.29, 1.82) is 0 Å². The van der Waals surface area contributed by atoms with Gasteiger partial charge in [-0.1, -0.05) is 0 Å². The van der Waals surface area contributed by atoms with Gasteiger partial charge < -0.3 is 10.4 Å². The minimum Gasteiger partial charge on any atom is -0.478 e. The molecule has 3 amide bonds. The maximum Gasteiger partial charge on any atom is 0.335 e. The van der Waals surface area contributed by atoms with Crippen LogP contribution in [0.25, 0.3) is 0 Å². The van der Waals surface area contributed by atoms with Gasteiger partial charge in [0.25, 0.3) is 5.91 Å². The summed E-state index contributed by atoms with van der Waals surface area (Å²) < 4.78 is 0. The van der Waals surface area contributed by atoms with Crippen LogP contribution in [0.5, 0.6) is 0 Å². The number of nitrogens with zero attached hydrogens (tertiary/aromatic N) is 2. The van der Waals surface area contributed by atoms with E-state index in [9.17, 15) is 19.2 Å². The van der Waals surface area contributed by atoms with E-state index in [2.05, 4.69) is 5.32 Å². The summed E-state index contributed by atoms with van der Waals surface area (Å²) in [6, 6.07) is 4.92. The van der Waals surface area contributed by atoms with Crippen LogP contribution < -0.4 is 10.2 Å². The highest BCUT2D eigenvalue weighted by Crippen LogP contribution is 2.26. The molecule has 2 fully saturated rings. The van der Waals surface area contributed by atoms with Gasteiger partial charge in [0.15, 0.2) is 0 Å². The Morgan fingerprint density at radius 1 is 1.17 bits per heavy atom. The number of carbonyl (C=O) groups excluding carboxylic acids is 3. The van der Waals surface area contributed by atoms with Crippen LogP contribution in [0.1, 0.15) is 16.8 Å². The minimum absolute atomic E-state index is 0.0206. The first-order valence-electron chi connectivity index (χ1n) is 7.18. The van der Waals surface area contributed by atoms with Crippen molar-refractivity contribution in [2.75, 3.05) is 24.5 Å². The summed E-state index contributed by atoms with van der Waals surface area (Å²) in [6.07, 6.45) is 0.0206. The molecule has 0 saturated carbocycles. The molecule has 3 rings (SSSR count). The predicted molar refractivity (Wildman–Crippen MR) is 78.9 cm³/mol. The van der Waals surface area contributed by atoms with E-state index in [-0.39, 0.29) is 36.3 Å². The molecular weight excluding hydrogens is 302 g/mol. The van der Waals surface area contributed by atoms with Crippen molar-refractivity contribution < 1.29 is 24.3 Å². The summed E-state index contributed by atoms with van der Waals surface area (Å²) in [4.78, 5) is 49.8. The Labute approximate surface area is 131 Å². The molecule has 120 valence electrons. The lowest BCUT2D eigenvalue weighted by atomic mass is 10.2. The number of benzene rings is 1. The van der Waals surface area contributed by atoms with Crippen LogP contribution in [0, 0.1) is 0 Å². The van der Waals surface area contributed by atoms with E-state index in [1.807, 2.05) is 0 Å². The first-order valence-corrected chi connectivity index (χ1v) is 7.18. The van der Waals surface area contributed by atoms with Crippen LogP contribution in [0.4, 0.5) is 5.69 Å². The number of carboxylic acid groups (broad SMARTS) is 1. The van der Waals surface area contributed by atoms with Crippen LogP contribution in [-0.4, -0.2) is 59.4 Å². The number of carbonyl (C=O) groups is 4. The van der Waals surface area contributed by atoms with Crippen molar-refractivity contribution >= 4 is 29.4 Å². The first-order chi connectivity index (χ1) is 11.0. The summed E-state index contributed by atoms with van der Waals surface area (Å²) in [5.74, 6) is -1.98. The zero-order valence-electron chi connectivity index (χ0n) is 12.2. The number of piperazine rings is 1. The van der Waals surface area contributed by atoms with Crippen molar-refractivity contribution in [3.8, 4) is 0 Å². The van der Waals surface area contributed by atoms with Gasteiger partial charge in [0, 0.05) is 13.1 Å². The molecule has 1 aromatic carbocycles. The number of carboxylic acids is 1. The van der Waals surface area contributed by atoms with E-state index < -0.39 is 12.0 Å². The first kappa shape index (κ1) is 15.2. The lowest BCUT2D eigenvalue weighted by molar-refractivity contribution is -0.128. The van der Waals surface area contributed by atoms with Gasteiger partial charge in [-0.3, -0.25) is 19.3 Å². The van der Waals surface area contributed by atoms with Gasteiger partial charge in [0.1, 0.15) is 0 Å². The third-order valence-electron chi connectivity index (χ3n) is 4.00. The number of aromatic carboxylic acids is 1. The van der Waals surface area contributed by atoms with E-state index in [4.69, 9.17) is 5.11 Å². The van der Waals surface area contributed by atoms with Gasteiger partial charge in [-0.2, -0.15) is 0 Å². The van der Waals surface area contributed by atoms with Crippen LogP contribution in [0.2, 0.25) is 0 Å². The molecule has 8 nitrogen and oxygen atoms in total. The molecular formula is C15H15N3O5. The molecule has 1 unspecified atom stereocenters. The largest absolute Gasteiger partial charge is 0.478 e. The Kier molecular flexibility index (Phi) is 3.83.